The third-order valence-corrected chi connectivity index (χ3v) is 4.46. The third kappa shape index (κ3) is 5.02. The summed E-state index contributed by atoms with van der Waals surface area (Å²) < 4.78 is 7.90. The highest BCUT2D eigenvalue weighted by Crippen LogP contribution is 2.20. The zero-order valence-corrected chi connectivity index (χ0v) is 17.7. The highest BCUT2D eigenvalue weighted by atomic mass is 35.5. The Balaban J connectivity index is 1.79. The van der Waals surface area contributed by atoms with Crippen LogP contribution in [0.3, 0.4) is 0 Å². The number of benzene rings is 1. The van der Waals surface area contributed by atoms with Crippen LogP contribution in [0.2, 0.25) is 5.15 Å². The van der Waals surface area contributed by atoms with Gasteiger partial charge in [0.1, 0.15) is 11.0 Å². The summed E-state index contributed by atoms with van der Waals surface area (Å²) in [6, 6.07) is 6.07. The topological polar surface area (TPSA) is 108 Å². The molecule has 3 rings (SSSR count). The number of nitrogens with one attached hydrogen (secondary N) is 1. The van der Waals surface area contributed by atoms with Crippen molar-refractivity contribution in [2.75, 3.05) is 5.73 Å². The van der Waals surface area contributed by atoms with Gasteiger partial charge >= 0.3 is 0 Å². The van der Waals surface area contributed by atoms with Crippen molar-refractivity contribution in [3.63, 3.8) is 0 Å². The lowest BCUT2D eigenvalue weighted by Crippen LogP contribution is -2.26. The number of anilines is 1. The van der Waals surface area contributed by atoms with E-state index in [9.17, 15) is 4.79 Å². The van der Waals surface area contributed by atoms with Gasteiger partial charge in [-0.3, -0.25) is 4.79 Å². The van der Waals surface area contributed by atoms with Crippen LogP contribution in [0.15, 0.2) is 24.4 Å². The van der Waals surface area contributed by atoms with E-state index in [4.69, 9.17) is 27.1 Å². The first-order valence-electron chi connectivity index (χ1n) is 9.36. The zero-order chi connectivity index (χ0) is 21.2. The SMILES string of the molecule is CCn1c(CNC(=O)c2nc(Cl)cnc2N)nc2cc(COC(C)(C)C)ccc21. The molecule has 0 saturated carbocycles. The van der Waals surface area contributed by atoms with Crippen LogP contribution in [0.1, 0.15) is 49.6 Å². The van der Waals surface area contributed by atoms with Crippen molar-refractivity contribution in [2.45, 2.75) is 53.0 Å². The predicted molar refractivity (Wildman–Crippen MR) is 113 cm³/mol. The number of halogens is 1. The van der Waals surface area contributed by atoms with Crippen molar-refractivity contribution in [1.29, 1.82) is 0 Å². The van der Waals surface area contributed by atoms with Crippen molar-refractivity contribution < 1.29 is 9.53 Å². The summed E-state index contributed by atoms with van der Waals surface area (Å²) in [5, 5.41) is 2.90. The van der Waals surface area contributed by atoms with E-state index in [1.807, 2.05) is 45.9 Å². The number of rotatable bonds is 6. The molecule has 154 valence electrons. The van der Waals surface area contributed by atoms with Crippen LogP contribution in [0, 0.1) is 0 Å². The van der Waals surface area contributed by atoms with Crippen molar-refractivity contribution >= 4 is 34.4 Å². The highest BCUT2D eigenvalue weighted by molar-refractivity contribution is 6.29. The fraction of sp³-hybridized carbons (Fsp3) is 0.400. The van der Waals surface area contributed by atoms with Gasteiger partial charge in [0.2, 0.25) is 0 Å². The Hall–Kier alpha value is -2.71. The van der Waals surface area contributed by atoms with Gasteiger partial charge < -0.3 is 20.4 Å². The zero-order valence-electron chi connectivity index (χ0n) is 17.0. The first kappa shape index (κ1) is 21.0. The lowest BCUT2D eigenvalue weighted by atomic mass is 10.1. The van der Waals surface area contributed by atoms with Gasteiger partial charge in [-0.2, -0.15) is 0 Å². The van der Waals surface area contributed by atoms with Gasteiger partial charge in [0, 0.05) is 6.54 Å². The summed E-state index contributed by atoms with van der Waals surface area (Å²) in [5.41, 5.74) is 8.42. The molecular weight excluding hydrogens is 392 g/mol. The number of nitrogens with zero attached hydrogens (tertiary/aromatic N) is 4. The van der Waals surface area contributed by atoms with Crippen LogP contribution in [0.5, 0.6) is 0 Å². The van der Waals surface area contributed by atoms with E-state index < -0.39 is 5.91 Å². The van der Waals surface area contributed by atoms with Crippen molar-refractivity contribution in [3.05, 3.63) is 46.6 Å². The van der Waals surface area contributed by atoms with Gasteiger partial charge in [0.05, 0.1) is 36.0 Å². The number of carbonyl (C=O) groups is 1. The van der Waals surface area contributed by atoms with Gasteiger partial charge in [-0.05, 0) is 45.4 Å². The number of carbonyl (C=O) groups excluding carboxylic acids is 1. The van der Waals surface area contributed by atoms with E-state index >= 15 is 0 Å². The molecule has 0 spiro atoms. The molecule has 29 heavy (non-hydrogen) atoms. The van der Waals surface area contributed by atoms with Crippen LogP contribution < -0.4 is 11.1 Å². The minimum absolute atomic E-state index is 0.00160. The molecule has 0 atom stereocenters. The summed E-state index contributed by atoms with van der Waals surface area (Å²) in [6.07, 6.45) is 1.30. The molecule has 9 heteroatoms. The maximum atomic E-state index is 12.4. The van der Waals surface area contributed by atoms with Gasteiger partial charge in [-0.25, -0.2) is 15.0 Å². The Morgan fingerprint density at radius 3 is 2.76 bits per heavy atom. The van der Waals surface area contributed by atoms with E-state index in [0.29, 0.717) is 6.61 Å². The number of hydrogen-bond acceptors (Lipinski definition) is 6. The lowest BCUT2D eigenvalue weighted by molar-refractivity contribution is -0.0149. The van der Waals surface area contributed by atoms with Crippen LogP contribution in [0.4, 0.5) is 5.82 Å². The Morgan fingerprint density at radius 2 is 2.07 bits per heavy atom. The van der Waals surface area contributed by atoms with Gasteiger partial charge in [0.25, 0.3) is 5.91 Å². The maximum absolute atomic E-state index is 12.4. The Bertz CT molecular complexity index is 1040. The number of aryl methyl sites for hydroxylation is 1. The van der Waals surface area contributed by atoms with Gasteiger partial charge in [-0.15, -0.1) is 0 Å². The summed E-state index contributed by atoms with van der Waals surface area (Å²) in [5.74, 6) is 0.309. The molecule has 0 aliphatic rings. The molecule has 8 nitrogen and oxygen atoms in total. The van der Waals surface area contributed by atoms with Crippen molar-refractivity contribution in [2.24, 2.45) is 0 Å². The molecule has 2 aromatic heterocycles. The van der Waals surface area contributed by atoms with Crippen LogP contribution >= 0.6 is 11.6 Å². The maximum Gasteiger partial charge on any atom is 0.274 e. The largest absolute Gasteiger partial charge is 0.382 e. The quantitative estimate of drug-likeness (QED) is 0.638. The molecule has 3 N–H and O–H groups in total. The minimum atomic E-state index is -0.452. The monoisotopic (exact) mass is 416 g/mol. The summed E-state index contributed by atoms with van der Waals surface area (Å²) in [4.78, 5) is 24.9. The molecule has 0 aliphatic heterocycles. The molecule has 0 radical (unpaired) electrons. The first-order valence-corrected chi connectivity index (χ1v) is 9.74. The lowest BCUT2D eigenvalue weighted by Gasteiger charge is -2.19. The van der Waals surface area contributed by atoms with Crippen LogP contribution in [-0.4, -0.2) is 31.0 Å². The average Bonchev–Trinajstić information content (AvgIpc) is 3.02. The second-order valence-electron chi connectivity index (χ2n) is 7.61. The number of amides is 1. The predicted octanol–water partition coefficient (Wildman–Crippen LogP) is 3.33. The average molecular weight is 417 g/mol. The second-order valence-corrected chi connectivity index (χ2v) is 7.99. The molecule has 3 aromatic rings. The standard InChI is InChI=1S/C20H25ClN6O2/c1-5-27-14-7-6-12(11-29-20(2,3)4)8-13(14)25-16(27)10-24-19(28)17-18(22)23-9-15(21)26-17/h6-9H,5,10-11H2,1-4H3,(H2,22,23)(H,24,28). The Kier molecular flexibility index (Phi) is 6.04. The van der Waals surface area contributed by atoms with Crippen LogP contribution in [-0.2, 0) is 24.4 Å². The summed E-state index contributed by atoms with van der Waals surface area (Å²) in [7, 11) is 0. The summed E-state index contributed by atoms with van der Waals surface area (Å²) >= 11 is 5.81. The van der Waals surface area contributed by atoms with Crippen molar-refractivity contribution in [3.8, 4) is 0 Å². The molecule has 0 aliphatic carbocycles. The smallest absolute Gasteiger partial charge is 0.274 e. The Morgan fingerprint density at radius 1 is 1.31 bits per heavy atom. The normalized spacial score (nSPS) is 11.8. The number of aromatic nitrogens is 4. The highest BCUT2D eigenvalue weighted by Gasteiger charge is 2.16. The van der Waals surface area contributed by atoms with E-state index in [1.165, 1.54) is 6.20 Å². The minimum Gasteiger partial charge on any atom is -0.382 e. The fourth-order valence-corrected chi connectivity index (χ4v) is 3.02. The number of fused-ring (bicyclic) bond motifs is 1. The fourth-order valence-electron chi connectivity index (χ4n) is 2.89. The van der Waals surface area contributed by atoms with Crippen LogP contribution in [0.25, 0.3) is 11.0 Å². The van der Waals surface area contributed by atoms with Gasteiger partial charge in [-0.1, -0.05) is 17.7 Å². The molecule has 0 fully saturated rings. The van der Waals surface area contributed by atoms with E-state index in [0.717, 1.165) is 29.0 Å². The number of nitrogens with two attached hydrogens (primary N) is 1. The number of hydrogen-bond donors (Lipinski definition) is 2. The molecule has 0 unspecified atom stereocenters. The van der Waals surface area contributed by atoms with E-state index in [1.54, 1.807) is 0 Å². The third-order valence-electron chi connectivity index (χ3n) is 4.27. The number of nitrogen functional groups attached to an aromatic ring is 1. The van der Waals surface area contributed by atoms with E-state index in [-0.39, 0.29) is 28.8 Å². The van der Waals surface area contributed by atoms with E-state index in [2.05, 4.69) is 19.9 Å². The number of imidazole rings is 1. The molecule has 2 heterocycles. The Labute approximate surface area is 174 Å². The molecular formula is C20H25ClN6O2. The summed E-state index contributed by atoms with van der Waals surface area (Å²) in [6.45, 7) is 9.56. The molecule has 0 saturated heterocycles. The number of ether oxygens (including phenoxy) is 1. The second kappa shape index (κ2) is 8.34. The molecule has 1 aromatic carbocycles. The van der Waals surface area contributed by atoms with Gasteiger partial charge in [0.15, 0.2) is 11.5 Å². The molecule has 0 bridgehead atoms. The first-order chi connectivity index (χ1) is 13.7. The van der Waals surface area contributed by atoms with Crippen molar-refractivity contribution in [1.82, 2.24) is 24.8 Å². The molecule has 1 amide bonds.